The maximum atomic E-state index is 13.1. The minimum atomic E-state index is -4.96. The van der Waals surface area contributed by atoms with Crippen molar-refractivity contribution in [3.8, 4) is 0 Å². The average molecular weight is 1410 g/mol. The first-order valence-corrected chi connectivity index (χ1v) is 43.1. The van der Waals surface area contributed by atoms with Gasteiger partial charge in [0.25, 0.3) is 0 Å². The van der Waals surface area contributed by atoms with Gasteiger partial charge in [0.1, 0.15) is 19.3 Å². The van der Waals surface area contributed by atoms with Gasteiger partial charge in [0.05, 0.1) is 26.4 Å². The monoisotopic (exact) mass is 1410 g/mol. The summed E-state index contributed by atoms with van der Waals surface area (Å²) in [5.41, 5.74) is 0. The molecule has 17 nitrogen and oxygen atoms in total. The van der Waals surface area contributed by atoms with E-state index in [9.17, 15) is 43.2 Å². The van der Waals surface area contributed by atoms with E-state index in [1.165, 1.54) is 225 Å². The molecule has 0 aliphatic heterocycles. The third-order valence-corrected chi connectivity index (χ3v) is 19.9. The molecule has 0 aromatic rings. The third-order valence-electron chi connectivity index (χ3n) is 18.0. The number of phosphoric acid groups is 2. The highest BCUT2D eigenvalue weighted by atomic mass is 31.2. The van der Waals surface area contributed by atoms with Gasteiger partial charge in [0.2, 0.25) is 0 Å². The van der Waals surface area contributed by atoms with E-state index in [1.54, 1.807) is 0 Å². The predicted octanol–water partition coefficient (Wildman–Crippen LogP) is 22.9. The van der Waals surface area contributed by atoms with Crippen LogP contribution in [0.1, 0.15) is 407 Å². The zero-order valence-electron chi connectivity index (χ0n) is 62.5. The van der Waals surface area contributed by atoms with E-state index in [-0.39, 0.29) is 25.7 Å². The van der Waals surface area contributed by atoms with Gasteiger partial charge in [0.15, 0.2) is 12.2 Å². The summed E-state index contributed by atoms with van der Waals surface area (Å²) in [7, 11) is -9.91. The molecule has 0 spiro atoms. The molecule has 0 amide bonds. The van der Waals surface area contributed by atoms with Crippen LogP contribution in [-0.2, 0) is 65.4 Å². The number of unbranched alkanes of at least 4 members (excludes halogenated alkanes) is 49. The normalized spacial score (nSPS) is 13.9. The Balaban J connectivity index is 5.22. The van der Waals surface area contributed by atoms with Crippen molar-refractivity contribution in [3.05, 3.63) is 0 Å². The van der Waals surface area contributed by atoms with Crippen LogP contribution >= 0.6 is 15.6 Å². The summed E-state index contributed by atoms with van der Waals surface area (Å²) >= 11 is 0. The Morgan fingerprint density at radius 2 is 0.479 bits per heavy atom. The molecule has 0 radical (unpaired) electrons. The first kappa shape index (κ1) is 94.1. The first-order chi connectivity index (χ1) is 46.5. The van der Waals surface area contributed by atoms with E-state index >= 15 is 0 Å². The SMILES string of the molecule is CCCCCCCCCCCCCCCCCCCCCC(=O)O[C@H](COC(=O)CCCCCCCCCCCCCCCC)COP(=O)(O)OC[C@@H](O)COP(=O)(O)OC[C@@H](COC(=O)CCCCCCCCC(C)C)OC(=O)CCCCCCCCCCCCCCCC. The molecule has 0 saturated carbocycles. The Labute approximate surface area is 588 Å². The largest absolute Gasteiger partial charge is 0.472 e. The van der Waals surface area contributed by atoms with Crippen molar-refractivity contribution < 1.29 is 80.2 Å². The van der Waals surface area contributed by atoms with E-state index in [0.29, 0.717) is 31.6 Å². The second-order valence-electron chi connectivity index (χ2n) is 28.2. The number of hydrogen-bond acceptors (Lipinski definition) is 15. The van der Waals surface area contributed by atoms with Crippen molar-refractivity contribution in [2.75, 3.05) is 39.6 Å². The van der Waals surface area contributed by atoms with Gasteiger partial charge in [-0.05, 0) is 31.6 Å². The number of phosphoric ester groups is 2. The molecule has 0 saturated heterocycles. The summed E-state index contributed by atoms with van der Waals surface area (Å²) in [6.07, 6.45) is 59.8. The standard InChI is InChI=1S/C77H150O17P2/c1-6-9-12-15-18-21-24-27-30-31-32-33-34-37-40-43-46-53-58-63-76(81)93-72(66-87-74(79)60-55-50-44-41-38-35-28-25-22-19-16-13-10-7-2)68-91-95(83,84)89-64-71(78)65-90-96(85,86)92-69-73(67-88-75(80)61-56-51-48-47-49-54-59-70(4)5)94-77(82)62-57-52-45-42-39-36-29-26-23-20-17-14-11-8-3/h70-73,78H,6-69H2,1-5H3,(H,83,84)(H,85,86)/t71-,72-,73-/m1/s1. The molecule has 0 fully saturated rings. The summed E-state index contributed by atoms with van der Waals surface area (Å²) in [5.74, 6) is -1.43. The average Bonchev–Trinajstić information content (AvgIpc) is 1.29. The third kappa shape index (κ3) is 70.5. The van der Waals surface area contributed by atoms with Gasteiger partial charge in [-0.25, -0.2) is 9.13 Å². The van der Waals surface area contributed by atoms with Crippen molar-refractivity contribution in [1.82, 2.24) is 0 Å². The van der Waals surface area contributed by atoms with Gasteiger partial charge < -0.3 is 33.8 Å². The molecule has 19 heteroatoms. The molecule has 0 bridgehead atoms. The van der Waals surface area contributed by atoms with Crippen LogP contribution in [0.3, 0.4) is 0 Å². The summed E-state index contributed by atoms with van der Waals surface area (Å²) < 4.78 is 68.5. The fourth-order valence-corrected chi connectivity index (χ4v) is 13.5. The second kappa shape index (κ2) is 70.1. The first-order valence-electron chi connectivity index (χ1n) is 40.1. The van der Waals surface area contributed by atoms with Crippen molar-refractivity contribution in [1.29, 1.82) is 0 Å². The molecular formula is C77H150O17P2. The maximum absolute atomic E-state index is 13.1. The zero-order chi connectivity index (χ0) is 70.5. The van der Waals surface area contributed by atoms with Crippen LogP contribution in [0.5, 0.6) is 0 Å². The lowest BCUT2D eigenvalue weighted by Gasteiger charge is -2.21. The molecule has 0 aliphatic rings. The molecular weight excluding hydrogens is 1260 g/mol. The summed E-state index contributed by atoms with van der Waals surface area (Å²) in [5, 5.41) is 10.6. The number of carbonyl (C=O) groups excluding carboxylic acids is 4. The van der Waals surface area contributed by atoms with Crippen molar-refractivity contribution >= 4 is 39.5 Å². The lowest BCUT2D eigenvalue weighted by atomic mass is 10.0. The van der Waals surface area contributed by atoms with Crippen LogP contribution in [-0.4, -0.2) is 96.7 Å². The van der Waals surface area contributed by atoms with Gasteiger partial charge in [-0.15, -0.1) is 0 Å². The van der Waals surface area contributed by atoms with Crippen LogP contribution in [0.4, 0.5) is 0 Å². The lowest BCUT2D eigenvalue weighted by Crippen LogP contribution is -2.30. The van der Waals surface area contributed by atoms with Gasteiger partial charge in [-0.2, -0.15) is 0 Å². The van der Waals surface area contributed by atoms with Gasteiger partial charge in [-0.1, -0.05) is 356 Å². The van der Waals surface area contributed by atoms with E-state index in [0.717, 1.165) is 96.3 Å². The van der Waals surface area contributed by atoms with E-state index in [1.807, 2.05) is 0 Å². The Morgan fingerprint density at radius 3 is 0.708 bits per heavy atom. The molecule has 2 unspecified atom stereocenters. The molecule has 0 aromatic heterocycles. The number of ether oxygens (including phenoxy) is 4. The Bertz CT molecular complexity index is 1840. The van der Waals surface area contributed by atoms with Crippen LogP contribution in [0.2, 0.25) is 0 Å². The summed E-state index contributed by atoms with van der Waals surface area (Å²) in [6.45, 7) is 7.23. The minimum absolute atomic E-state index is 0.107. The van der Waals surface area contributed by atoms with Crippen molar-refractivity contribution in [2.45, 2.75) is 425 Å². The number of esters is 4. The molecule has 0 aliphatic carbocycles. The lowest BCUT2D eigenvalue weighted by molar-refractivity contribution is -0.161. The molecule has 0 rings (SSSR count). The van der Waals surface area contributed by atoms with E-state index < -0.39 is 97.5 Å². The highest BCUT2D eigenvalue weighted by Crippen LogP contribution is 2.45. The number of rotatable bonds is 77. The maximum Gasteiger partial charge on any atom is 0.472 e. The fraction of sp³-hybridized carbons (Fsp3) is 0.948. The van der Waals surface area contributed by atoms with Gasteiger partial charge >= 0.3 is 39.5 Å². The molecule has 0 aromatic carbocycles. The molecule has 96 heavy (non-hydrogen) atoms. The number of aliphatic hydroxyl groups excluding tert-OH is 1. The molecule has 5 atom stereocenters. The minimum Gasteiger partial charge on any atom is -0.462 e. The molecule has 3 N–H and O–H groups in total. The van der Waals surface area contributed by atoms with Crippen LogP contribution in [0, 0.1) is 5.92 Å². The smallest absolute Gasteiger partial charge is 0.462 e. The topological polar surface area (TPSA) is 237 Å². The Morgan fingerprint density at radius 1 is 0.281 bits per heavy atom. The number of carbonyl (C=O) groups is 4. The second-order valence-corrected chi connectivity index (χ2v) is 31.1. The molecule has 0 heterocycles. The Hall–Kier alpha value is -1.94. The number of hydrogen-bond donors (Lipinski definition) is 3. The van der Waals surface area contributed by atoms with E-state index in [4.69, 9.17) is 37.0 Å². The highest BCUT2D eigenvalue weighted by molar-refractivity contribution is 7.47. The van der Waals surface area contributed by atoms with E-state index in [2.05, 4.69) is 34.6 Å². The van der Waals surface area contributed by atoms with Crippen LogP contribution in [0.25, 0.3) is 0 Å². The Kier molecular flexibility index (Phi) is 68.7. The number of aliphatic hydroxyl groups is 1. The summed E-state index contributed by atoms with van der Waals surface area (Å²) in [4.78, 5) is 72.8. The van der Waals surface area contributed by atoms with Crippen LogP contribution in [0.15, 0.2) is 0 Å². The van der Waals surface area contributed by atoms with Crippen LogP contribution < -0.4 is 0 Å². The van der Waals surface area contributed by atoms with Gasteiger partial charge in [-0.3, -0.25) is 37.3 Å². The summed E-state index contributed by atoms with van der Waals surface area (Å²) in [6, 6.07) is 0. The van der Waals surface area contributed by atoms with Gasteiger partial charge in [0, 0.05) is 25.7 Å². The fourth-order valence-electron chi connectivity index (χ4n) is 11.9. The predicted molar refractivity (Wildman–Crippen MR) is 391 cm³/mol. The van der Waals surface area contributed by atoms with Crippen molar-refractivity contribution in [3.63, 3.8) is 0 Å². The zero-order valence-corrected chi connectivity index (χ0v) is 64.3. The molecule has 570 valence electrons. The highest BCUT2D eigenvalue weighted by Gasteiger charge is 2.30. The quantitative estimate of drug-likeness (QED) is 0.0222. The van der Waals surface area contributed by atoms with Crippen molar-refractivity contribution in [2.24, 2.45) is 5.92 Å².